The second-order valence-corrected chi connectivity index (χ2v) is 9.52. The summed E-state index contributed by atoms with van der Waals surface area (Å²) in [7, 11) is 1.27. The molecule has 4 rings (SSSR count). The lowest BCUT2D eigenvalue weighted by Gasteiger charge is -2.27. The summed E-state index contributed by atoms with van der Waals surface area (Å²) in [4.78, 5) is 44.6. The third-order valence-electron chi connectivity index (χ3n) is 5.77. The maximum absolute atomic E-state index is 13.5. The summed E-state index contributed by atoms with van der Waals surface area (Å²) >= 11 is 0. The molecule has 0 unspecified atom stereocenters. The zero-order chi connectivity index (χ0) is 25.2. The van der Waals surface area contributed by atoms with Crippen LogP contribution in [0.5, 0.6) is 0 Å². The summed E-state index contributed by atoms with van der Waals surface area (Å²) < 4.78 is 10.4. The minimum Gasteiger partial charge on any atom is -0.467 e. The van der Waals surface area contributed by atoms with E-state index >= 15 is 0 Å². The summed E-state index contributed by atoms with van der Waals surface area (Å²) in [5, 5.41) is 3.72. The standard InChI is InChI=1S/C27H29N3O5/c1-27(2,3)35-26(33)30-16-18(14-23(30)25(32)34-4)28-24(31)20-15-22(17-10-6-5-7-11-17)29-21-13-9-8-12-19(20)21/h5-13,15,18,23H,14,16H2,1-4H3,(H,28,31)/t18-,23+/m1/s1. The number of methoxy groups -OCH3 is 1. The number of pyridine rings is 1. The highest BCUT2D eigenvalue weighted by atomic mass is 16.6. The van der Waals surface area contributed by atoms with Crippen LogP contribution in [0.2, 0.25) is 0 Å². The van der Waals surface area contributed by atoms with Crippen molar-refractivity contribution in [2.45, 2.75) is 44.9 Å². The van der Waals surface area contributed by atoms with Gasteiger partial charge in [-0.1, -0.05) is 48.5 Å². The van der Waals surface area contributed by atoms with Gasteiger partial charge in [0.05, 0.1) is 23.9 Å². The minimum absolute atomic E-state index is 0.134. The van der Waals surface area contributed by atoms with Gasteiger partial charge in [0, 0.05) is 30.0 Å². The average Bonchev–Trinajstić information content (AvgIpc) is 3.26. The van der Waals surface area contributed by atoms with Crippen LogP contribution in [-0.2, 0) is 14.3 Å². The molecule has 2 amide bonds. The lowest BCUT2D eigenvalue weighted by atomic mass is 10.0. The summed E-state index contributed by atoms with van der Waals surface area (Å²) in [6.07, 6.45) is -0.392. The van der Waals surface area contributed by atoms with Crippen molar-refractivity contribution in [3.8, 4) is 11.3 Å². The quantitative estimate of drug-likeness (QED) is 0.569. The van der Waals surface area contributed by atoms with Gasteiger partial charge in [-0.25, -0.2) is 14.6 Å². The number of aromatic nitrogens is 1. The molecule has 1 N–H and O–H groups in total. The molecule has 3 aromatic rings. The molecule has 0 aliphatic carbocycles. The number of likely N-dealkylation sites (tertiary alicyclic amines) is 1. The van der Waals surface area contributed by atoms with Crippen molar-refractivity contribution in [1.82, 2.24) is 15.2 Å². The van der Waals surface area contributed by atoms with E-state index in [4.69, 9.17) is 14.5 Å². The highest BCUT2D eigenvalue weighted by Crippen LogP contribution is 2.26. The number of esters is 1. The fraction of sp³-hybridized carbons (Fsp3) is 0.333. The SMILES string of the molecule is COC(=O)[C@@H]1C[C@@H](NC(=O)c2cc(-c3ccccc3)nc3ccccc23)CN1C(=O)OC(C)(C)C. The average molecular weight is 476 g/mol. The predicted octanol–water partition coefficient (Wildman–Crippen LogP) is 4.18. The number of hydrogen-bond acceptors (Lipinski definition) is 6. The largest absolute Gasteiger partial charge is 0.467 e. The lowest BCUT2D eigenvalue weighted by Crippen LogP contribution is -2.44. The number of benzene rings is 2. The molecule has 1 aliphatic rings. The van der Waals surface area contributed by atoms with Gasteiger partial charge in [0.1, 0.15) is 11.6 Å². The van der Waals surface area contributed by atoms with Crippen LogP contribution < -0.4 is 5.32 Å². The van der Waals surface area contributed by atoms with E-state index in [2.05, 4.69) is 5.32 Å². The molecule has 2 aromatic carbocycles. The first kappa shape index (κ1) is 24.2. The molecule has 2 atom stereocenters. The normalized spacial score (nSPS) is 17.8. The van der Waals surface area contributed by atoms with Gasteiger partial charge in [0.15, 0.2) is 0 Å². The van der Waals surface area contributed by atoms with Crippen molar-refractivity contribution in [1.29, 1.82) is 0 Å². The first-order valence-corrected chi connectivity index (χ1v) is 11.5. The molecule has 1 fully saturated rings. The van der Waals surface area contributed by atoms with E-state index in [-0.39, 0.29) is 18.9 Å². The second kappa shape index (κ2) is 9.74. The molecule has 8 heteroatoms. The van der Waals surface area contributed by atoms with Gasteiger partial charge in [-0.3, -0.25) is 9.69 Å². The van der Waals surface area contributed by atoms with Crippen molar-refractivity contribution >= 4 is 28.9 Å². The molecule has 2 heterocycles. The Kier molecular flexibility index (Phi) is 6.73. The predicted molar refractivity (Wildman–Crippen MR) is 132 cm³/mol. The Morgan fingerprint density at radius 2 is 1.71 bits per heavy atom. The number of carbonyl (C=O) groups excluding carboxylic acids is 3. The Morgan fingerprint density at radius 3 is 2.40 bits per heavy atom. The molecule has 1 aliphatic heterocycles. The van der Waals surface area contributed by atoms with Gasteiger partial charge in [0.2, 0.25) is 0 Å². The zero-order valence-electron chi connectivity index (χ0n) is 20.3. The third-order valence-corrected chi connectivity index (χ3v) is 5.77. The van der Waals surface area contributed by atoms with E-state index in [1.807, 2.05) is 54.6 Å². The number of rotatable bonds is 4. The lowest BCUT2D eigenvalue weighted by molar-refractivity contribution is -0.145. The number of nitrogens with zero attached hydrogens (tertiary/aromatic N) is 2. The Balaban J connectivity index is 1.61. The van der Waals surface area contributed by atoms with Crippen molar-refractivity contribution in [3.63, 3.8) is 0 Å². The van der Waals surface area contributed by atoms with Crippen molar-refractivity contribution in [2.24, 2.45) is 0 Å². The maximum Gasteiger partial charge on any atom is 0.411 e. The van der Waals surface area contributed by atoms with E-state index in [1.54, 1.807) is 26.8 Å². The van der Waals surface area contributed by atoms with Crippen molar-refractivity contribution < 1.29 is 23.9 Å². The Hall–Kier alpha value is -3.94. The molecule has 0 spiro atoms. The highest BCUT2D eigenvalue weighted by Gasteiger charge is 2.42. The molecule has 1 aromatic heterocycles. The van der Waals surface area contributed by atoms with Gasteiger partial charge < -0.3 is 14.8 Å². The number of fused-ring (bicyclic) bond motifs is 1. The fourth-order valence-electron chi connectivity index (χ4n) is 4.21. The summed E-state index contributed by atoms with van der Waals surface area (Å²) in [5.41, 5.74) is 2.04. The summed E-state index contributed by atoms with van der Waals surface area (Å²) in [6.45, 7) is 5.40. The van der Waals surface area contributed by atoms with Gasteiger partial charge in [-0.15, -0.1) is 0 Å². The van der Waals surface area contributed by atoms with Crippen LogP contribution in [0.3, 0.4) is 0 Å². The van der Waals surface area contributed by atoms with Crippen LogP contribution in [0.25, 0.3) is 22.2 Å². The molecule has 182 valence electrons. The van der Waals surface area contributed by atoms with Gasteiger partial charge in [-0.05, 0) is 32.9 Å². The van der Waals surface area contributed by atoms with Gasteiger partial charge in [-0.2, -0.15) is 0 Å². The molecule has 35 heavy (non-hydrogen) atoms. The minimum atomic E-state index is -0.839. The molecular weight excluding hydrogens is 446 g/mol. The molecule has 0 saturated carbocycles. The smallest absolute Gasteiger partial charge is 0.411 e. The molecule has 8 nitrogen and oxygen atoms in total. The van der Waals surface area contributed by atoms with Gasteiger partial charge in [0.25, 0.3) is 5.91 Å². The number of para-hydroxylation sites is 1. The Bertz CT molecular complexity index is 1250. The van der Waals surface area contributed by atoms with E-state index in [9.17, 15) is 14.4 Å². The number of amides is 2. The number of carbonyl (C=O) groups is 3. The third kappa shape index (κ3) is 5.42. The van der Waals surface area contributed by atoms with Crippen molar-refractivity contribution in [2.75, 3.05) is 13.7 Å². The number of hydrogen-bond donors (Lipinski definition) is 1. The first-order valence-electron chi connectivity index (χ1n) is 11.5. The van der Waals surface area contributed by atoms with E-state index in [1.165, 1.54) is 12.0 Å². The zero-order valence-corrected chi connectivity index (χ0v) is 20.3. The van der Waals surface area contributed by atoms with Crippen LogP contribution in [-0.4, -0.2) is 59.2 Å². The molecule has 0 bridgehead atoms. The Morgan fingerprint density at radius 1 is 1.03 bits per heavy atom. The monoisotopic (exact) mass is 475 g/mol. The van der Waals surface area contributed by atoms with E-state index in [0.717, 1.165) is 10.9 Å². The number of ether oxygens (including phenoxy) is 2. The van der Waals surface area contributed by atoms with Crippen LogP contribution >= 0.6 is 0 Å². The highest BCUT2D eigenvalue weighted by molar-refractivity contribution is 6.07. The second-order valence-electron chi connectivity index (χ2n) is 9.52. The van der Waals surface area contributed by atoms with E-state index in [0.29, 0.717) is 16.8 Å². The van der Waals surface area contributed by atoms with Crippen LogP contribution in [0.15, 0.2) is 60.7 Å². The molecule has 1 saturated heterocycles. The van der Waals surface area contributed by atoms with Crippen LogP contribution in [0.1, 0.15) is 37.6 Å². The van der Waals surface area contributed by atoms with Crippen molar-refractivity contribution in [3.05, 3.63) is 66.2 Å². The first-order chi connectivity index (χ1) is 16.7. The maximum atomic E-state index is 13.5. The fourth-order valence-corrected chi connectivity index (χ4v) is 4.21. The van der Waals surface area contributed by atoms with Gasteiger partial charge >= 0.3 is 12.1 Å². The molecular formula is C27H29N3O5. The van der Waals surface area contributed by atoms with Crippen LogP contribution in [0, 0.1) is 0 Å². The summed E-state index contributed by atoms with van der Waals surface area (Å²) in [6, 6.07) is 17.6. The number of nitrogens with one attached hydrogen (secondary N) is 1. The summed E-state index contributed by atoms with van der Waals surface area (Å²) in [5.74, 6) is -0.853. The van der Waals surface area contributed by atoms with E-state index < -0.39 is 29.7 Å². The molecule has 0 radical (unpaired) electrons. The van der Waals surface area contributed by atoms with Crippen LogP contribution in [0.4, 0.5) is 4.79 Å². The topological polar surface area (TPSA) is 97.8 Å². The Labute approximate surface area is 204 Å².